The monoisotopic (exact) mass is 433 g/mol. The summed E-state index contributed by atoms with van der Waals surface area (Å²) in [6.07, 6.45) is -4.23. The number of hydrogen-bond acceptors (Lipinski definition) is 8. The smallest absolute Gasteiger partial charge is 0.406 e. The van der Waals surface area contributed by atoms with Crippen LogP contribution in [0, 0.1) is 11.3 Å². The molecule has 0 bridgehead atoms. The lowest BCUT2D eigenvalue weighted by atomic mass is 10.3. The Balaban J connectivity index is 3.66. The van der Waals surface area contributed by atoms with Gasteiger partial charge in [0, 0.05) is 12.5 Å². The van der Waals surface area contributed by atoms with Crippen molar-refractivity contribution in [3.63, 3.8) is 0 Å². The number of ether oxygens (including phenoxy) is 1. The van der Waals surface area contributed by atoms with Crippen molar-refractivity contribution in [2.24, 2.45) is 0 Å². The van der Waals surface area contributed by atoms with Crippen LogP contribution in [0.25, 0.3) is 0 Å². The van der Waals surface area contributed by atoms with Crippen LogP contribution in [-0.4, -0.2) is 44.1 Å². The van der Waals surface area contributed by atoms with Gasteiger partial charge in [-0.25, -0.2) is 25.3 Å². The van der Waals surface area contributed by atoms with E-state index >= 15 is 0 Å². The van der Waals surface area contributed by atoms with Gasteiger partial charge in [0.1, 0.15) is 11.8 Å². The Labute approximate surface area is 147 Å². The van der Waals surface area contributed by atoms with Crippen LogP contribution in [0.1, 0.15) is 0 Å². The minimum absolute atomic E-state index is 0.399. The molecule has 0 spiro atoms. The first-order chi connectivity index (χ1) is 11.5. The predicted octanol–water partition coefficient (Wildman–Crippen LogP) is 1.14. The number of nitrogens with zero attached hydrogens (tertiary/aromatic N) is 1. The summed E-state index contributed by atoms with van der Waals surface area (Å²) in [5.41, 5.74) is 0. The molecule has 26 heavy (non-hydrogen) atoms. The molecule has 0 aliphatic heterocycles. The number of nitriles is 1. The van der Waals surface area contributed by atoms with Gasteiger partial charge in [0.05, 0.1) is 4.90 Å². The Morgan fingerprint density at radius 3 is 1.69 bits per heavy atom. The van der Waals surface area contributed by atoms with Gasteiger partial charge in [-0.15, -0.1) is 13.2 Å². The second-order valence-corrected chi connectivity index (χ2v) is 10.8. The lowest BCUT2D eigenvalue weighted by Crippen LogP contribution is -2.18. The fraction of sp³-hybridized carbons (Fsp3) is 0.250. The zero-order valence-corrected chi connectivity index (χ0v) is 15.4. The third-order valence-corrected chi connectivity index (χ3v) is 8.15. The maximum absolute atomic E-state index is 12.4. The van der Waals surface area contributed by atoms with Gasteiger partial charge >= 0.3 is 6.36 Å². The average Bonchev–Trinajstić information content (AvgIpc) is 2.40. The highest BCUT2D eigenvalue weighted by molar-refractivity contribution is 8.15. The van der Waals surface area contributed by atoms with Gasteiger partial charge in [0.25, 0.3) is 0 Å². The summed E-state index contributed by atoms with van der Waals surface area (Å²) in [7, 11) is -14.2. The van der Waals surface area contributed by atoms with Crippen LogP contribution < -0.4 is 4.74 Å². The molecule has 0 saturated heterocycles. The quantitative estimate of drug-likeness (QED) is 0.631. The summed E-state index contributed by atoms with van der Waals surface area (Å²) in [6.45, 7) is 0. The fourth-order valence-electron chi connectivity index (χ4n) is 1.77. The van der Waals surface area contributed by atoms with Crippen molar-refractivity contribution >= 4 is 29.5 Å². The number of hydrogen-bond donors (Lipinski definition) is 0. The average molecular weight is 433 g/mol. The van der Waals surface area contributed by atoms with Crippen molar-refractivity contribution in [2.45, 2.75) is 11.3 Å². The van der Waals surface area contributed by atoms with Crippen molar-refractivity contribution in [3.05, 3.63) is 33.4 Å². The molecule has 0 heterocycles. The molecule has 0 saturated carbocycles. The second-order valence-electron chi connectivity index (χ2n) is 4.80. The van der Waals surface area contributed by atoms with E-state index in [0.29, 0.717) is 36.8 Å². The molecule has 0 fully saturated rings. The minimum Gasteiger partial charge on any atom is -0.406 e. The molecule has 0 aliphatic rings. The predicted molar refractivity (Wildman–Crippen MR) is 82.6 cm³/mol. The number of rotatable bonds is 5. The van der Waals surface area contributed by atoms with E-state index in [9.17, 15) is 38.4 Å². The molecule has 0 aromatic heterocycles. The normalized spacial score (nSPS) is 12.9. The Morgan fingerprint density at radius 1 is 0.962 bits per heavy atom. The minimum atomic E-state index is -5.03. The van der Waals surface area contributed by atoms with Gasteiger partial charge in [0.15, 0.2) is 28.8 Å². The van der Waals surface area contributed by atoms with Crippen LogP contribution in [0.5, 0.6) is 5.75 Å². The second kappa shape index (κ2) is 6.89. The summed E-state index contributed by atoms with van der Waals surface area (Å²) >= 11 is 0. The molecule has 1 rings (SSSR count). The van der Waals surface area contributed by atoms with Crippen molar-refractivity contribution in [3.8, 4) is 11.8 Å². The third-order valence-electron chi connectivity index (χ3n) is 2.60. The zero-order chi connectivity index (χ0) is 20.6. The van der Waals surface area contributed by atoms with Gasteiger partial charge < -0.3 is 4.74 Å². The van der Waals surface area contributed by atoms with Crippen LogP contribution >= 0.6 is 0 Å². The number of halogens is 3. The molecule has 0 unspecified atom stereocenters. The number of sulfone groups is 3. The van der Waals surface area contributed by atoms with Crippen LogP contribution in [0.3, 0.4) is 0 Å². The molecule has 1 aromatic carbocycles. The van der Waals surface area contributed by atoms with E-state index in [1.165, 1.54) is 0 Å². The molecule has 144 valence electrons. The molecule has 0 N–H and O–H groups in total. The highest BCUT2D eigenvalue weighted by atomic mass is 32.3. The van der Waals surface area contributed by atoms with Crippen molar-refractivity contribution < 1.29 is 43.2 Å². The maximum Gasteiger partial charge on any atom is 0.573 e. The van der Waals surface area contributed by atoms with E-state index in [-0.39, 0.29) is 0 Å². The molecule has 0 amide bonds. The standard InChI is InChI=1S/C12H10F3NO7S3/c1-24(17,18)11(25(2,19)20)10(7-16)26(21,22)9-5-3-8(4-6-9)23-12(13,14)15/h3-6H,1-2H3. The van der Waals surface area contributed by atoms with Crippen molar-refractivity contribution in [1.29, 1.82) is 5.26 Å². The Morgan fingerprint density at radius 2 is 1.38 bits per heavy atom. The van der Waals surface area contributed by atoms with E-state index in [1.54, 1.807) is 0 Å². The molecule has 0 radical (unpaired) electrons. The van der Waals surface area contributed by atoms with Crippen molar-refractivity contribution in [1.82, 2.24) is 0 Å². The van der Waals surface area contributed by atoms with Gasteiger partial charge in [-0.05, 0) is 24.3 Å². The van der Waals surface area contributed by atoms with E-state index in [0.717, 1.165) is 6.07 Å². The van der Waals surface area contributed by atoms with Gasteiger partial charge in [-0.3, -0.25) is 0 Å². The number of allylic oxidation sites excluding steroid dienone is 1. The molecular weight excluding hydrogens is 423 g/mol. The van der Waals surface area contributed by atoms with Crippen LogP contribution in [0.2, 0.25) is 0 Å². The van der Waals surface area contributed by atoms with Gasteiger partial charge in [-0.2, -0.15) is 5.26 Å². The largest absolute Gasteiger partial charge is 0.573 e. The summed E-state index contributed by atoms with van der Waals surface area (Å²) in [6, 6.07) is 3.46. The SMILES string of the molecule is CS(=O)(=O)C(=C(C#N)S(=O)(=O)c1ccc(OC(F)(F)F)cc1)S(C)(=O)=O. The fourth-order valence-corrected chi connectivity index (χ4v) is 7.37. The topological polar surface area (TPSA) is 135 Å². The first kappa shape index (κ1) is 21.9. The van der Waals surface area contributed by atoms with Crippen LogP contribution in [0.15, 0.2) is 38.3 Å². The maximum atomic E-state index is 12.4. The molecule has 0 aliphatic carbocycles. The summed E-state index contributed by atoms with van der Waals surface area (Å²) < 4.78 is 110. The van der Waals surface area contributed by atoms with E-state index in [1.807, 2.05) is 0 Å². The molecule has 8 nitrogen and oxygen atoms in total. The highest BCUT2D eigenvalue weighted by Gasteiger charge is 2.36. The Kier molecular flexibility index (Phi) is 5.81. The number of benzene rings is 1. The van der Waals surface area contributed by atoms with Crippen LogP contribution in [-0.2, 0) is 29.5 Å². The number of alkyl halides is 3. The van der Waals surface area contributed by atoms with Crippen LogP contribution in [0.4, 0.5) is 13.2 Å². The first-order valence-electron chi connectivity index (χ1n) is 6.15. The highest BCUT2D eigenvalue weighted by Crippen LogP contribution is 2.29. The van der Waals surface area contributed by atoms with E-state index in [4.69, 9.17) is 5.26 Å². The van der Waals surface area contributed by atoms with Crippen molar-refractivity contribution in [2.75, 3.05) is 12.5 Å². The zero-order valence-electron chi connectivity index (χ0n) is 13.0. The molecular formula is C12H10F3NO7S3. The van der Waals surface area contributed by atoms with E-state index < -0.39 is 55.7 Å². The Hall–Kier alpha value is -2.11. The molecule has 0 atom stereocenters. The summed E-state index contributed by atoms with van der Waals surface area (Å²) in [4.78, 5) is -2.36. The lowest BCUT2D eigenvalue weighted by molar-refractivity contribution is -0.274. The molecule has 14 heteroatoms. The van der Waals surface area contributed by atoms with Gasteiger partial charge in [0.2, 0.25) is 9.84 Å². The summed E-state index contributed by atoms with van der Waals surface area (Å²) in [5, 5.41) is 9.04. The first-order valence-corrected chi connectivity index (χ1v) is 11.4. The lowest BCUT2D eigenvalue weighted by Gasteiger charge is -2.10. The van der Waals surface area contributed by atoms with Gasteiger partial charge in [-0.1, -0.05) is 0 Å². The summed E-state index contributed by atoms with van der Waals surface area (Å²) in [5.74, 6) is -0.773. The van der Waals surface area contributed by atoms with E-state index in [2.05, 4.69) is 4.74 Å². The molecule has 1 aromatic rings. The third kappa shape index (κ3) is 5.19. The Bertz CT molecular complexity index is 1060.